The zero-order valence-electron chi connectivity index (χ0n) is 22.2. The summed E-state index contributed by atoms with van der Waals surface area (Å²) >= 11 is 0. The van der Waals surface area contributed by atoms with Gasteiger partial charge >= 0.3 is 0 Å². The summed E-state index contributed by atoms with van der Waals surface area (Å²) in [4.78, 5) is 32.6. The standard InChI is InChI=1S/C30H24N12/c1-2-20-21-19-32-14-10-25(21)42(24(20)9-11-31)30-38-28(40-17-15-35-26(40)22-7-3-5-12-33-22)37-29(39-30)41-18-16-36-27(41)23-8-4-6-13-34-23/h2-19,28H,1,31H2,(H,37,38,39)/b11-9-. The molecule has 1 aliphatic rings. The van der Waals surface area contributed by atoms with Crippen LogP contribution in [0, 0.1) is 0 Å². The number of fused-ring (bicyclic) bond motifs is 1. The average Bonchev–Trinajstić information content (AvgIpc) is 3.80. The zero-order chi connectivity index (χ0) is 28.5. The van der Waals surface area contributed by atoms with Crippen molar-refractivity contribution in [1.82, 2.24) is 43.9 Å². The summed E-state index contributed by atoms with van der Waals surface area (Å²) < 4.78 is 5.70. The molecule has 7 heterocycles. The van der Waals surface area contributed by atoms with Gasteiger partial charge in [0.15, 0.2) is 11.6 Å². The summed E-state index contributed by atoms with van der Waals surface area (Å²) in [6, 6.07) is 13.3. The first-order valence-electron chi connectivity index (χ1n) is 13.1. The van der Waals surface area contributed by atoms with Crippen molar-refractivity contribution in [1.29, 1.82) is 0 Å². The van der Waals surface area contributed by atoms with Gasteiger partial charge in [0.1, 0.15) is 11.4 Å². The number of pyridine rings is 3. The van der Waals surface area contributed by atoms with Crippen molar-refractivity contribution in [2.45, 2.75) is 6.29 Å². The largest absolute Gasteiger partial charge is 0.405 e. The second-order valence-electron chi connectivity index (χ2n) is 9.18. The molecule has 0 spiro atoms. The first-order valence-corrected chi connectivity index (χ1v) is 13.1. The van der Waals surface area contributed by atoms with Gasteiger partial charge < -0.3 is 5.73 Å². The smallest absolute Gasteiger partial charge is 0.228 e. The monoisotopic (exact) mass is 552 g/mol. The van der Waals surface area contributed by atoms with Crippen LogP contribution in [0.5, 0.6) is 0 Å². The summed E-state index contributed by atoms with van der Waals surface area (Å²) in [7, 11) is 0. The Morgan fingerprint density at radius 2 is 1.55 bits per heavy atom. The van der Waals surface area contributed by atoms with Crippen LogP contribution >= 0.6 is 0 Å². The highest BCUT2D eigenvalue weighted by Gasteiger charge is 2.27. The van der Waals surface area contributed by atoms with E-state index >= 15 is 0 Å². The van der Waals surface area contributed by atoms with Gasteiger partial charge in [0.05, 0.1) is 11.2 Å². The summed E-state index contributed by atoms with van der Waals surface area (Å²) in [6.07, 6.45) is 18.4. The van der Waals surface area contributed by atoms with E-state index in [0.717, 1.165) is 22.2 Å². The topological polar surface area (TPSA) is 142 Å². The van der Waals surface area contributed by atoms with Crippen LogP contribution in [0.4, 0.5) is 0 Å². The highest BCUT2D eigenvalue weighted by molar-refractivity contribution is 6.08. The maximum Gasteiger partial charge on any atom is 0.228 e. The Hall–Kier alpha value is -6.17. The first-order chi connectivity index (χ1) is 20.8. The van der Waals surface area contributed by atoms with E-state index in [1.165, 1.54) is 6.20 Å². The molecule has 0 saturated heterocycles. The van der Waals surface area contributed by atoms with E-state index in [4.69, 9.17) is 15.7 Å². The van der Waals surface area contributed by atoms with Crippen LogP contribution in [0.25, 0.3) is 46.1 Å². The third-order valence-electron chi connectivity index (χ3n) is 6.79. The summed E-state index contributed by atoms with van der Waals surface area (Å²) in [5, 5.41) is 4.34. The first kappa shape index (κ1) is 24.8. The lowest BCUT2D eigenvalue weighted by Crippen LogP contribution is -2.43. The van der Waals surface area contributed by atoms with Crippen molar-refractivity contribution < 1.29 is 0 Å². The second kappa shape index (κ2) is 10.4. The van der Waals surface area contributed by atoms with Crippen molar-refractivity contribution in [2.75, 3.05) is 0 Å². The second-order valence-corrected chi connectivity index (χ2v) is 9.18. The molecule has 0 amide bonds. The predicted octanol–water partition coefficient (Wildman–Crippen LogP) is 3.99. The molecule has 12 heteroatoms. The number of nitrogens with one attached hydrogen (secondary N) is 1. The number of rotatable bonds is 5. The highest BCUT2D eigenvalue weighted by Crippen LogP contribution is 2.30. The molecular formula is C30H24N12. The van der Waals surface area contributed by atoms with E-state index in [2.05, 4.69) is 36.8 Å². The van der Waals surface area contributed by atoms with E-state index < -0.39 is 6.29 Å². The molecule has 0 saturated carbocycles. The maximum absolute atomic E-state index is 5.92. The number of hydrogen-bond donors (Lipinski definition) is 2. The molecule has 0 radical (unpaired) electrons. The van der Waals surface area contributed by atoms with Gasteiger partial charge in [-0.15, -0.1) is 0 Å². The lowest BCUT2D eigenvalue weighted by atomic mass is 10.1. The molecule has 0 aliphatic carbocycles. The minimum atomic E-state index is -0.740. The minimum Gasteiger partial charge on any atom is -0.405 e. The lowest BCUT2D eigenvalue weighted by molar-refractivity contribution is 0.537. The van der Waals surface area contributed by atoms with Gasteiger partial charge in [0.2, 0.25) is 18.2 Å². The number of hydrogen-bond acceptors (Lipinski definition) is 9. The van der Waals surface area contributed by atoms with E-state index in [1.807, 2.05) is 74.6 Å². The molecule has 1 unspecified atom stereocenters. The van der Waals surface area contributed by atoms with Crippen LogP contribution in [-0.2, 0) is 0 Å². The van der Waals surface area contributed by atoms with Crippen LogP contribution < -0.4 is 11.1 Å². The van der Waals surface area contributed by atoms with Gasteiger partial charge in [0, 0.05) is 60.5 Å². The van der Waals surface area contributed by atoms with Gasteiger partial charge in [-0.25, -0.2) is 20.0 Å². The zero-order valence-corrected chi connectivity index (χ0v) is 22.2. The molecule has 1 atom stereocenters. The third kappa shape index (κ3) is 4.14. The van der Waals surface area contributed by atoms with E-state index in [1.54, 1.807) is 43.3 Å². The Kier molecular flexibility index (Phi) is 6.17. The summed E-state index contributed by atoms with van der Waals surface area (Å²) in [5.41, 5.74) is 9.84. The van der Waals surface area contributed by atoms with Crippen molar-refractivity contribution in [3.8, 4) is 23.0 Å². The van der Waals surface area contributed by atoms with E-state index in [0.29, 0.717) is 35.0 Å². The molecule has 7 rings (SSSR count). The average molecular weight is 553 g/mol. The van der Waals surface area contributed by atoms with Crippen molar-refractivity contribution >= 4 is 35.0 Å². The van der Waals surface area contributed by atoms with Gasteiger partial charge in [-0.3, -0.25) is 34.0 Å². The van der Waals surface area contributed by atoms with E-state index in [9.17, 15) is 0 Å². The lowest BCUT2D eigenvalue weighted by Gasteiger charge is -2.25. The molecular weight excluding hydrogens is 528 g/mol. The molecule has 42 heavy (non-hydrogen) atoms. The number of aromatic nitrogens is 8. The van der Waals surface area contributed by atoms with Gasteiger partial charge in [-0.1, -0.05) is 24.8 Å². The molecule has 12 nitrogen and oxygen atoms in total. The SMILES string of the molecule is C=Cc1c(/C=C\N)n(C2=NC(n3ccnc3-c3ccccn3)N=C(n3ccnc3-c3ccccn3)N2)c2ccncc12. The molecule has 0 fully saturated rings. The number of imidazole rings is 2. The molecule has 3 N–H and O–H groups in total. The number of nitrogens with zero attached hydrogens (tertiary/aromatic N) is 10. The normalized spacial score (nSPS) is 15.0. The fraction of sp³-hybridized carbons (Fsp3) is 0.0333. The predicted molar refractivity (Wildman–Crippen MR) is 162 cm³/mol. The molecule has 6 aromatic heterocycles. The van der Waals surface area contributed by atoms with E-state index in [-0.39, 0.29) is 0 Å². The van der Waals surface area contributed by atoms with Crippen LogP contribution in [-0.4, -0.2) is 50.5 Å². The fourth-order valence-corrected chi connectivity index (χ4v) is 5.00. The van der Waals surface area contributed by atoms with Gasteiger partial charge in [0.25, 0.3) is 0 Å². The number of nitrogens with two attached hydrogens (primary N) is 1. The molecule has 0 aromatic carbocycles. The van der Waals surface area contributed by atoms with Crippen molar-refractivity contribution in [2.24, 2.45) is 15.7 Å². The summed E-state index contributed by atoms with van der Waals surface area (Å²) in [6.45, 7) is 4.05. The molecule has 204 valence electrons. The third-order valence-corrected chi connectivity index (χ3v) is 6.79. The Morgan fingerprint density at radius 3 is 2.29 bits per heavy atom. The molecule has 0 bridgehead atoms. The van der Waals surface area contributed by atoms with Gasteiger partial charge in [-0.05, 0) is 42.6 Å². The van der Waals surface area contributed by atoms with Crippen LogP contribution in [0.1, 0.15) is 17.5 Å². The Labute approximate surface area is 240 Å². The summed E-state index contributed by atoms with van der Waals surface area (Å²) in [5.74, 6) is 2.24. The quantitative estimate of drug-likeness (QED) is 0.329. The van der Waals surface area contributed by atoms with Crippen LogP contribution in [0.15, 0.2) is 115 Å². The van der Waals surface area contributed by atoms with Crippen molar-refractivity contribution in [3.05, 3.63) is 116 Å². The maximum atomic E-state index is 5.92. The Balaban J connectivity index is 1.45. The fourth-order valence-electron chi connectivity index (χ4n) is 5.00. The van der Waals surface area contributed by atoms with Crippen LogP contribution in [0.3, 0.4) is 0 Å². The van der Waals surface area contributed by atoms with Crippen molar-refractivity contribution in [3.63, 3.8) is 0 Å². The van der Waals surface area contributed by atoms with Gasteiger partial charge in [-0.2, -0.15) is 0 Å². The Morgan fingerprint density at radius 1 is 0.810 bits per heavy atom. The number of aliphatic imine (C=N–C) groups is 2. The molecule has 1 aliphatic heterocycles. The Bertz CT molecular complexity index is 1990. The highest BCUT2D eigenvalue weighted by atomic mass is 15.4. The molecule has 6 aromatic rings. The minimum absolute atomic E-state index is 0.488. The van der Waals surface area contributed by atoms with Crippen LogP contribution in [0.2, 0.25) is 0 Å².